The first-order chi connectivity index (χ1) is 13.5. The SMILES string of the molecule is C=CCOC(=O)NC1(c2ccc(C(=O)c3c(O)oc4ccccc34)cc2)CC1. The molecule has 3 aromatic rings. The Kier molecular flexibility index (Phi) is 4.39. The molecule has 4 rings (SSSR count). The number of furan rings is 1. The molecular weight excluding hydrogens is 358 g/mol. The van der Waals surface area contributed by atoms with E-state index in [1.165, 1.54) is 6.08 Å². The predicted octanol–water partition coefficient (Wildman–Crippen LogP) is 4.27. The highest BCUT2D eigenvalue weighted by atomic mass is 16.5. The van der Waals surface area contributed by atoms with E-state index < -0.39 is 11.6 Å². The van der Waals surface area contributed by atoms with Crippen LogP contribution < -0.4 is 5.32 Å². The number of ether oxygens (including phenoxy) is 1. The summed E-state index contributed by atoms with van der Waals surface area (Å²) in [4.78, 5) is 24.7. The molecule has 1 amide bonds. The fourth-order valence-corrected chi connectivity index (χ4v) is 3.31. The van der Waals surface area contributed by atoms with Gasteiger partial charge in [-0.15, -0.1) is 0 Å². The zero-order chi connectivity index (χ0) is 19.7. The van der Waals surface area contributed by atoms with Crippen LogP contribution in [0.3, 0.4) is 0 Å². The lowest BCUT2D eigenvalue weighted by atomic mass is 9.98. The van der Waals surface area contributed by atoms with Gasteiger partial charge in [-0.3, -0.25) is 4.79 Å². The maximum absolute atomic E-state index is 12.9. The fraction of sp³-hybridized carbons (Fsp3) is 0.182. The zero-order valence-corrected chi connectivity index (χ0v) is 15.1. The van der Waals surface area contributed by atoms with E-state index in [1.807, 2.05) is 12.1 Å². The zero-order valence-electron chi connectivity index (χ0n) is 15.1. The number of rotatable bonds is 6. The van der Waals surface area contributed by atoms with Crippen molar-refractivity contribution in [2.24, 2.45) is 0 Å². The third-order valence-electron chi connectivity index (χ3n) is 4.93. The molecule has 1 fully saturated rings. The Balaban J connectivity index is 1.56. The topological polar surface area (TPSA) is 88.8 Å². The molecule has 1 aliphatic rings. The summed E-state index contributed by atoms with van der Waals surface area (Å²) in [6.45, 7) is 3.66. The van der Waals surface area contributed by atoms with E-state index in [0.717, 1.165) is 18.4 Å². The summed E-state index contributed by atoms with van der Waals surface area (Å²) in [7, 11) is 0. The van der Waals surface area contributed by atoms with Crippen LogP contribution in [-0.2, 0) is 10.3 Å². The van der Waals surface area contributed by atoms with Crippen molar-refractivity contribution in [3.05, 3.63) is 77.9 Å². The van der Waals surface area contributed by atoms with Crippen molar-refractivity contribution in [1.29, 1.82) is 0 Å². The number of nitrogens with one attached hydrogen (secondary N) is 1. The number of amides is 1. The Morgan fingerprint density at radius 3 is 2.57 bits per heavy atom. The van der Waals surface area contributed by atoms with Crippen LogP contribution in [0.25, 0.3) is 11.0 Å². The van der Waals surface area contributed by atoms with Crippen LogP contribution in [0.2, 0.25) is 0 Å². The molecule has 28 heavy (non-hydrogen) atoms. The standard InChI is InChI=1S/C22H19NO5/c1-2-13-27-21(26)23-22(11-12-22)15-9-7-14(8-10-15)19(24)18-16-5-3-4-6-17(16)28-20(18)25/h2-10,25H,1,11-13H2,(H,23,26). The number of carbonyl (C=O) groups is 2. The van der Waals surface area contributed by atoms with Gasteiger partial charge in [-0.1, -0.05) is 55.1 Å². The minimum atomic E-state index is -0.493. The van der Waals surface area contributed by atoms with Gasteiger partial charge in [0.1, 0.15) is 17.8 Å². The summed E-state index contributed by atoms with van der Waals surface area (Å²) in [5.41, 5.74) is 1.48. The summed E-state index contributed by atoms with van der Waals surface area (Å²) < 4.78 is 10.3. The number of fused-ring (bicyclic) bond motifs is 1. The summed E-state index contributed by atoms with van der Waals surface area (Å²) in [6.07, 6.45) is 2.62. The number of carbonyl (C=O) groups excluding carboxylic acids is 2. The number of ketones is 1. The Morgan fingerprint density at radius 1 is 1.18 bits per heavy atom. The molecule has 0 saturated heterocycles. The highest BCUT2D eigenvalue weighted by Gasteiger charge is 2.46. The van der Waals surface area contributed by atoms with Crippen LogP contribution in [0, 0.1) is 0 Å². The molecule has 0 unspecified atom stereocenters. The summed E-state index contributed by atoms with van der Waals surface area (Å²) in [5, 5.41) is 13.5. The lowest BCUT2D eigenvalue weighted by Crippen LogP contribution is -2.35. The quantitative estimate of drug-likeness (QED) is 0.495. The number of alkyl carbamates (subject to hydrolysis) is 1. The Morgan fingerprint density at radius 2 is 1.89 bits per heavy atom. The third-order valence-corrected chi connectivity index (χ3v) is 4.93. The van der Waals surface area contributed by atoms with Gasteiger partial charge in [0.2, 0.25) is 5.78 Å². The number of aromatic hydroxyl groups is 1. The molecule has 6 nitrogen and oxygen atoms in total. The molecule has 6 heteroatoms. The molecule has 1 heterocycles. The maximum Gasteiger partial charge on any atom is 0.408 e. The molecule has 1 saturated carbocycles. The molecule has 1 aromatic heterocycles. The molecule has 2 aromatic carbocycles. The third kappa shape index (κ3) is 3.13. The predicted molar refractivity (Wildman–Crippen MR) is 103 cm³/mol. The lowest BCUT2D eigenvalue weighted by molar-refractivity contribution is 0.103. The first-order valence-electron chi connectivity index (χ1n) is 8.96. The van der Waals surface area contributed by atoms with E-state index in [0.29, 0.717) is 16.5 Å². The van der Waals surface area contributed by atoms with E-state index in [2.05, 4.69) is 11.9 Å². The molecular formula is C22H19NO5. The van der Waals surface area contributed by atoms with Gasteiger partial charge in [-0.2, -0.15) is 0 Å². The first-order valence-corrected chi connectivity index (χ1v) is 8.96. The van der Waals surface area contributed by atoms with Gasteiger partial charge < -0.3 is 19.6 Å². The molecule has 0 radical (unpaired) electrons. The second-order valence-corrected chi connectivity index (χ2v) is 6.78. The fourth-order valence-electron chi connectivity index (χ4n) is 3.31. The maximum atomic E-state index is 12.9. The van der Waals surface area contributed by atoms with Gasteiger partial charge in [0, 0.05) is 10.9 Å². The van der Waals surface area contributed by atoms with Gasteiger partial charge in [-0.05, 0) is 24.5 Å². The summed E-state index contributed by atoms with van der Waals surface area (Å²) in [5.74, 6) is -0.710. The first kappa shape index (κ1) is 17.9. The van der Waals surface area contributed by atoms with E-state index in [1.54, 1.807) is 36.4 Å². The van der Waals surface area contributed by atoms with Crippen LogP contribution in [0.4, 0.5) is 4.79 Å². The molecule has 1 aliphatic carbocycles. The Hall–Kier alpha value is -3.54. The molecule has 0 atom stereocenters. The van der Waals surface area contributed by atoms with E-state index in [9.17, 15) is 14.7 Å². The Bertz CT molecular complexity index is 1060. The number of para-hydroxylation sites is 1. The average molecular weight is 377 g/mol. The number of hydrogen-bond acceptors (Lipinski definition) is 5. The number of hydrogen-bond donors (Lipinski definition) is 2. The van der Waals surface area contributed by atoms with E-state index in [-0.39, 0.29) is 23.9 Å². The van der Waals surface area contributed by atoms with Gasteiger partial charge in [-0.25, -0.2) is 4.79 Å². The number of benzene rings is 2. The highest BCUT2D eigenvalue weighted by molar-refractivity contribution is 6.17. The minimum absolute atomic E-state index is 0.149. The summed E-state index contributed by atoms with van der Waals surface area (Å²) in [6, 6.07) is 14.0. The lowest BCUT2D eigenvalue weighted by Gasteiger charge is -2.17. The van der Waals surface area contributed by atoms with E-state index >= 15 is 0 Å². The van der Waals surface area contributed by atoms with Crippen molar-refractivity contribution in [1.82, 2.24) is 5.32 Å². The second kappa shape index (κ2) is 6.88. The van der Waals surface area contributed by atoms with Crippen molar-refractivity contribution in [3.8, 4) is 5.95 Å². The summed E-state index contributed by atoms with van der Waals surface area (Å²) >= 11 is 0. The molecule has 2 N–H and O–H groups in total. The van der Waals surface area contributed by atoms with Crippen molar-refractivity contribution in [3.63, 3.8) is 0 Å². The van der Waals surface area contributed by atoms with Crippen molar-refractivity contribution >= 4 is 22.8 Å². The van der Waals surface area contributed by atoms with Crippen LogP contribution in [0.1, 0.15) is 34.3 Å². The molecule has 0 aliphatic heterocycles. The van der Waals surface area contributed by atoms with Gasteiger partial charge >= 0.3 is 6.09 Å². The van der Waals surface area contributed by atoms with Gasteiger partial charge in [0.05, 0.1) is 5.54 Å². The average Bonchev–Trinajstić information content (AvgIpc) is 3.40. The molecule has 142 valence electrons. The highest BCUT2D eigenvalue weighted by Crippen LogP contribution is 2.45. The Labute approximate surface area is 161 Å². The largest absolute Gasteiger partial charge is 0.480 e. The van der Waals surface area contributed by atoms with Gasteiger partial charge in [0.25, 0.3) is 5.95 Å². The normalized spacial score (nSPS) is 14.4. The monoisotopic (exact) mass is 377 g/mol. The van der Waals surface area contributed by atoms with Gasteiger partial charge in [0.15, 0.2) is 0 Å². The molecule has 0 spiro atoms. The van der Waals surface area contributed by atoms with E-state index in [4.69, 9.17) is 9.15 Å². The van der Waals surface area contributed by atoms with Crippen LogP contribution >= 0.6 is 0 Å². The van der Waals surface area contributed by atoms with Crippen molar-refractivity contribution in [2.45, 2.75) is 18.4 Å². The van der Waals surface area contributed by atoms with Crippen molar-refractivity contribution in [2.75, 3.05) is 6.61 Å². The second-order valence-electron chi connectivity index (χ2n) is 6.78. The van der Waals surface area contributed by atoms with Crippen LogP contribution in [-0.4, -0.2) is 23.6 Å². The van der Waals surface area contributed by atoms with Crippen LogP contribution in [0.15, 0.2) is 65.6 Å². The molecule has 0 bridgehead atoms. The van der Waals surface area contributed by atoms with Crippen molar-refractivity contribution < 1.29 is 23.8 Å². The van der Waals surface area contributed by atoms with Crippen LogP contribution in [0.5, 0.6) is 5.95 Å². The smallest absolute Gasteiger partial charge is 0.408 e. The minimum Gasteiger partial charge on any atom is -0.480 e.